The van der Waals surface area contributed by atoms with Gasteiger partial charge in [0, 0.05) is 22.3 Å². The summed E-state index contributed by atoms with van der Waals surface area (Å²) in [5.74, 6) is 0.160. The summed E-state index contributed by atoms with van der Waals surface area (Å²) in [5.41, 5.74) is 6.65. The summed E-state index contributed by atoms with van der Waals surface area (Å²) in [6, 6.07) is 9.13. The highest BCUT2D eigenvalue weighted by Gasteiger charge is 2.21. The molecule has 0 aliphatic rings. The van der Waals surface area contributed by atoms with E-state index in [4.69, 9.17) is 33.7 Å². The van der Waals surface area contributed by atoms with Crippen molar-refractivity contribution in [3.8, 4) is 5.75 Å². The normalized spacial score (nSPS) is 11.4. The van der Waals surface area contributed by atoms with Gasteiger partial charge in [-0.1, -0.05) is 29.3 Å². The number of ether oxygens (including phenoxy) is 1. The van der Waals surface area contributed by atoms with Crippen molar-refractivity contribution in [2.75, 3.05) is 12.8 Å². The molecule has 0 aliphatic carbocycles. The maximum Gasteiger partial charge on any atom is 0.184 e. The topological polar surface area (TPSA) is 69.4 Å². The van der Waals surface area contributed by atoms with E-state index in [0.717, 1.165) is 0 Å². The van der Waals surface area contributed by atoms with Crippen LogP contribution < -0.4 is 10.5 Å². The molecule has 0 radical (unpaired) electrons. The van der Waals surface area contributed by atoms with Crippen molar-refractivity contribution < 1.29 is 13.2 Å². The van der Waals surface area contributed by atoms with E-state index in [2.05, 4.69) is 0 Å². The average molecular weight is 346 g/mol. The van der Waals surface area contributed by atoms with Gasteiger partial charge in [-0.05, 0) is 24.3 Å². The third kappa shape index (κ3) is 3.61. The molecule has 2 aromatic carbocycles. The second-order valence-corrected chi connectivity index (χ2v) is 7.21. The Morgan fingerprint density at radius 3 is 2.52 bits per heavy atom. The third-order valence-corrected chi connectivity index (χ3v) is 5.26. The summed E-state index contributed by atoms with van der Waals surface area (Å²) >= 11 is 11.8. The van der Waals surface area contributed by atoms with Crippen LogP contribution >= 0.6 is 23.2 Å². The fourth-order valence-electron chi connectivity index (χ4n) is 1.88. The lowest BCUT2D eigenvalue weighted by Gasteiger charge is -2.11. The van der Waals surface area contributed by atoms with E-state index in [1.165, 1.54) is 25.3 Å². The number of nitrogen functional groups attached to an aromatic ring is 1. The number of halogens is 2. The Labute approximate surface area is 133 Å². The molecule has 0 saturated heterocycles. The minimum atomic E-state index is -3.65. The van der Waals surface area contributed by atoms with Crippen LogP contribution in [0.1, 0.15) is 5.56 Å². The molecule has 0 aromatic heterocycles. The van der Waals surface area contributed by atoms with Gasteiger partial charge in [0.2, 0.25) is 0 Å². The van der Waals surface area contributed by atoms with Crippen molar-refractivity contribution in [3.05, 3.63) is 52.0 Å². The second kappa shape index (κ2) is 6.13. The van der Waals surface area contributed by atoms with Gasteiger partial charge >= 0.3 is 0 Å². The zero-order valence-electron chi connectivity index (χ0n) is 11.1. The molecule has 4 nitrogen and oxygen atoms in total. The van der Waals surface area contributed by atoms with Gasteiger partial charge in [0.1, 0.15) is 5.75 Å². The van der Waals surface area contributed by atoms with Crippen LogP contribution in [0.15, 0.2) is 41.3 Å². The van der Waals surface area contributed by atoms with E-state index in [1.54, 1.807) is 18.2 Å². The second-order valence-electron chi connectivity index (χ2n) is 4.41. The fraction of sp³-hybridized carbons (Fsp3) is 0.143. The minimum absolute atomic E-state index is 0.00413. The molecule has 2 aromatic rings. The molecule has 0 atom stereocenters. The van der Waals surface area contributed by atoms with Crippen LogP contribution in [0.4, 0.5) is 5.69 Å². The molecule has 0 unspecified atom stereocenters. The Bertz CT molecular complexity index is 776. The molecule has 0 amide bonds. The van der Waals surface area contributed by atoms with Crippen LogP contribution in [0.3, 0.4) is 0 Å². The van der Waals surface area contributed by atoms with E-state index in [1.807, 2.05) is 0 Å². The quantitative estimate of drug-likeness (QED) is 0.860. The largest absolute Gasteiger partial charge is 0.496 e. The Morgan fingerprint density at radius 1 is 1.14 bits per heavy atom. The smallest absolute Gasteiger partial charge is 0.184 e. The van der Waals surface area contributed by atoms with Crippen LogP contribution in [-0.2, 0) is 15.6 Å². The minimum Gasteiger partial charge on any atom is -0.496 e. The zero-order valence-corrected chi connectivity index (χ0v) is 13.5. The number of hydrogen-bond donors (Lipinski definition) is 1. The van der Waals surface area contributed by atoms with Crippen molar-refractivity contribution in [1.82, 2.24) is 0 Å². The Morgan fingerprint density at radius 2 is 1.86 bits per heavy atom. The Kier molecular flexibility index (Phi) is 4.66. The molecule has 0 spiro atoms. The Balaban J connectivity index is 2.45. The maximum atomic E-state index is 12.5. The van der Waals surface area contributed by atoms with E-state index in [-0.39, 0.29) is 15.7 Å². The summed E-state index contributed by atoms with van der Waals surface area (Å²) in [7, 11) is -2.19. The molecule has 7 heteroatoms. The number of nitrogens with two attached hydrogens (primary N) is 1. The number of methoxy groups -OCH3 is 1. The Hall–Kier alpha value is -1.43. The van der Waals surface area contributed by atoms with Gasteiger partial charge in [0.15, 0.2) is 9.84 Å². The summed E-state index contributed by atoms with van der Waals surface area (Å²) in [5, 5.41) is 0.441. The first-order valence-electron chi connectivity index (χ1n) is 5.93. The monoisotopic (exact) mass is 345 g/mol. The first-order valence-corrected chi connectivity index (χ1v) is 8.34. The number of hydrogen-bond acceptors (Lipinski definition) is 4. The summed E-state index contributed by atoms with van der Waals surface area (Å²) in [6.45, 7) is 0. The van der Waals surface area contributed by atoms with E-state index in [9.17, 15) is 8.42 Å². The SMILES string of the molecule is COc1cc(N)ccc1CS(=O)(=O)c1cc(Cl)ccc1Cl. The molecule has 0 aliphatic heterocycles. The van der Waals surface area contributed by atoms with Crippen molar-refractivity contribution in [2.45, 2.75) is 10.6 Å². The summed E-state index contributed by atoms with van der Waals surface area (Å²) in [4.78, 5) is -0.00413. The first-order chi connectivity index (χ1) is 9.83. The fourth-order valence-corrected chi connectivity index (χ4v) is 4.06. The van der Waals surface area contributed by atoms with Crippen molar-refractivity contribution in [2.24, 2.45) is 0 Å². The van der Waals surface area contributed by atoms with Crippen LogP contribution in [-0.4, -0.2) is 15.5 Å². The predicted octanol–water partition coefficient (Wildman–Crippen LogP) is 3.56. The van der Waals surface area contributed by atoms with Gasteiger partial charge in [0.25, 0.3) is 0 Å². The van der Waals surface area contributed by atoms with E-state index >= 15 is 0 Å². The third-order valence-electron chi connectivity index (χ3n) is 2.88. The molecule has 0 fully saturated rings. The van der Waals surface area contributed by atoms with Crippen molar-refractivity contribution in [3.63, 3.8) is 0 Å². The van der Waals surface area contributed by atoms with Crippen LogP contribution in [0.5, 0.6) is 5.75 Å². The van der Waals surface area contributed by atoms with Gasteiger partial charge < -0.3 is 10.5 Å². The highest BCUT2D eigenvalue weighted by atomic mass is 35.5. The zero-order chi connectivity index (χ0) is 15.6. The maximum absolute atomic E-state index is 12.5. The molecule has 21 heavy (non-hydrogen) atoms. The van der Waals surface area contributed by atoms with Crippen molar-refractivity contribution >= 4 is 38.7 Å². The number of benzene rings is 2. The van der Waals surface area contributed by atoms with Gasteiger partial charge in [-0.25, -0.2) is 8.42 Å². The summed E-state index contributed by atoms with van der Waals surface area (Å²) < 4.78 is 30.2. The predicted molar refractivity (Wildman–Crippen MR) is 84.8 cm³/mol. The van der Waals surface area contributed by atoms with Crippen molar-refractivity contribution in [1.29, 1.82) is 0 Å². The lowest BCUT2D eigenvalue weighted by molar-refractivity contribution is 0.411. The van der Waals surface area contributed by atoms with Gasteiger partial charge in [-0.2, -0.15) is 0 Å². The standard InChI is InChI=1S/C14H13Cl2NO3S/c1-20-13-7-11(17)4-2-9(13)8-21(18,19)14-6-10(15)3-5-12(14)16/h2-7H,8,17H2,1H3. The highest BCUT2D eigenvalue weighted by molar-refractivity contribution is 7.90. The number of anilines is 1. The first kappa shape index (κ1) is 15.9. The molecule has 2 rings (SSSR count). The summed E-state index contributed by atoms with van der Waals surface area (Å²) in [6.07, 6.45) is 0. The van der Waals surface area contributed by atoms with Gasteiger partial charge in [0.05, 0.1) is 22.8 Å². The van der Waals surface area contributed by atoms with Crippen LogP contribution in [0.2, 0.25) is 10.0 Å². The number of rotatable bonds is 4. The molecule has 2 N–H and O–H groups in total. The molecule has 0 heterocycles. The molecule has 0 saturated carbocycles. The average Bonchev–Trinajstić information content (AvgIpc) is 2.43. The van der Waals surface area contributed by atoms with Gasteiger partial charge in [-0.3, -0.25) is 0 Å². The molecule has 0 bridgehead atoms. The van der Waals surface area contributed by atoms with Gasteiger partial charge in [-0.15, -0.1) is 0 Å². The number of sulfone groups is 1. The van der Waals surface area contributed by atoms with E-state index in [0.29, 0.717) is 22.0 Å². The molecular weight excluding hydrogens is 333 g/mol. The highest BCUT2D eigenvalue weighted by Crippen LogP contribution is 2.30. The van der Waals surface area contributed by atoms with Crippen LogP contribution in [0.25, 0.3) is 0 Å². The lowest BCUT2D eigenvalue weighted by Crippen LogP contribution is -2.07. The lowest BCUT2D eigenvalue weighted by atomic mass is 10.2. The molecule has 112 valence electrons. The molecular formula is C14H13Cl2NO3S. The van der Waals surface area contributed by atoms with E-state index < -0.39 is 9.84 Å². The van der Waals surface area contributed by atoms with Crippen LogP contribution in [0, 0.1) is 0 Å².